The molecule has 2 fully saturated rings. The molecule has 1 spiro atoms. The highest BCUT2D eigenvalue weighted by atomic mass is 16.5. The summed E-state index contributed by atoms with van der Waals surface area (Å²) in [7, 11) is 0. The first kappa shape index (κ1) is 16.9. The molecule has 7 heteroatoms. The van der Waals surface area contributed by atoms with Crippen LogP contribution in [0.25, 0.3) is 0 Å². The number of aryl methyl sites for hydroxylation is 1. The summed E-state index contributed by atoms with van der Waals surface area (Å²) in [5.74, 6) is 1.19. The van der Waals surface area contributed by atoms with Crippen molar-refractivity contribution in [3.8, 4) is 0 Å². The molecule has 1 amide bonds. The first-order valence-electron chi connectivity index (χ1n) is 9.01. The standard InChI is InChI=1S/C19H23N5O2/c1-14-4-5-17(23-22-14)24-12-19(13-24)7-6-15(11-26-19)9-21-18(25)16-3-2-8-20-10-16/h2-5,8,10,15H,6-7,9,11-13H2,1H3,(H,21,25). The Labute approximate surface area is 152 Å². The number of carbonyl (C=O) groups is 1. The van der Waals surface area contributed by atoms with Crippen LogP contribution < -0.4 is 10.2 Å². The molecule has 0 bridgehead atoms. The fourth-order valence-corrected chi connectivity index (χ4v) is 3.54. The van der Waals surface area contributed by atoms with Gasteiger partial charge in [-0.15, -0.1) is 5.10 Å². The van der Waals surface area contributed by atoms with Gasteiger partial charge >= 0.3 is 0 Å². The van der Waals surface area contributed by atoms with E-state index in [1.165, 1.54) is 0 Å². The number of aromatic nitrogens is 3. The Morgan fingerprint density at radius 3 is 2.88 bits per heavy atom. The van der Waals surface area contributed by atoms with Crippen LogP contribution in [0, 0.1) is 12.8 Å². The van der Waals surface area contributed by atoms with Crippen LogP contribution in [0.5, 0.6) is 0 Å². The van der Waals surface area contributed by atoms with E-state index in [2.05, 4.69) is 25.4 Å². The fourth-order valence-electron chi connectivity index (χ4n) is 3.54. The summed E-state index contributed by atoms with van der Waals surface area (Å²) in [6.45, 7) is 4.97. The lowest BCUT2D eigenvalue weighted by Crippen LogP contribution is -2.65. The van der Waals surface area contributed by atoms with Crippen molar-refractivity contribution in [1.29, 1.82) is 0 Å². The number of anilines is 1. The predicted molar refractivity (Wildman–Crippen MR) is 97.0 cm³/mol. The van der Waals surface area contributed by atoms with E-state index < -0.39 is 0 Å². The molecule has 2 saturated heterocycles. The summed E-state index contributed by atoms with van der Waals surface area (Å²) in [5.41, 5.74) is 1.46. The molecule has 2 aromatic heterocycles. The number of nitrogens with one attached hydrogen (secondary N) is 1. The molecule has 4 heterocycles. The van der Waals surface area contributed by atoms with Gasteiger partial charge in [0.15, 0.2) is 5.82 Å². The third-order valence-corrected chi connectivity index (χ3v) is 5.17. The van der Waals surface area contributed by atoms with Crippen molar-refractivity contribution in [1.82, 2.24) is 20.5 Å². The van der Waals surface area contributed by atoms with Crippen molar-refractivity contribution < 1.29 is 9.53 Å². The molecule has 0 aromatic carbocycles. The van der Waals surface area contributed by atoms with E-state index in [1.807, 2.05) is 19.1 Å². The van der Waals surface area contributed by atoms with Crippen molar-refractivity contribution in [2.75, 3.05) is 31.1 Å². The summed E-state index contributed by atoms with van der Waals surface area (Å²) < 4.78 is 6.17. The molecule has 0 aliphatic carbocycles. The Kier molecular flexibility index (Phi) is 4.55. The summed E-state index contributed by atoms with van der Waals surface area (Å²) in [6.07, 6.45) is 5.31. The van der Waals surface area contributed by atoms with Gasteiger partial charge in [-0.25, -0.2) is 0 Å². The Bertz CT molecular complexity index is 749. The van der Waals surface area contributed by atoms with Gasteiger partial charge in [-0.3, -0.25) is 9.78 Å². The van der Waals surface area contributed by atoms with E-state index in [4.69, 9.17) is 4.74 Å². The topological polar surface area (TPSA) is 80.2 Å². The Hall–Kier alpha value is -2.54. The largest absolute Gasteiger partial charge is 0.371 e. The lowest BCUT2D eigenvalue weighted by atomic mass is 9.83. The Balaban J connectivity index is 1.22. The van der Waals surface area contributed by atoms with E-state index >= 15 is 0 Å². The maximum absolute atomic E-state index is 12.1. The van der Waals surface area contributed by atoms with Crippen LogP contribution in [0.1, 0.15) is 28.9 Å². The van der Waals surface area contributed by atoms with Crippen molar-refractivity contribution in [2.45, 2.75) is 25.4 Å². The second-order valence-electron chi connectivity index (χ2n) is 7.24. The number of pyridine rings is 1. The summed E-state index contributed by atoms with van der Waals surface area (Å²) in [4.78, 5) is 18.3. The van der Waals surface area contributed by atoms with Crippen molar-refractivity contribution in [2.24, 2.45) is 5.92 Å². The number of rotatable bonds is 4. The summed E-state index contributed by atoms with van der Waals surface area (Å²) >= 11 is 0. The average molecular weight is 353 g/mol. The Morgan fingerprint density at radius 1 is 1.35 bits per heavy atom. The summed E-state index contributed by atoms with van der Waals surface area (Å²) in [6, 6.07) is 7.53. The Morgan fingerprint density at radius 2 is 2.23 bits per heavy atom. The molecule has 136 valence electrons. The summed E-state index contributed by atoms with van der Waals surface area (Å²) in [5, 5.41) is 11.3. The predicted octanol–water partition coefficient (Wildman–Crippen LogP) is 1.60. The average Bonchev–Trinajstić information content (AvgIpc) is 2.66. The van der Waals surface area contributed by atoms with Gasteiger partial charge in [-0.2, -0.15) is 5.10 Å². The molecular weight excluding hydrogens is 330 g/mol. The van der Waals surface area contributed by atoms with Crippen LogP contribution in [0.15, 0.2) is 36.7 Å². The van der Waals surface area contributed by atoms with Gasteiger partial charge in [0.05, 0.1) is 31.0 Å². The van der Waals surface area contributed by atoms with Gasteiger partial charge in [0.1, 0.15) is 5.60 Å². The van der Waals surface area contributed by atoms with Crippen molar-refractivity contribution in [3.05, 3.63) is 47.9 Å². The minimum absolute atomic E-state index is 0.0591. The molecule has 2 aromatic rings. The second-order valence-corrected chi connectivity index (χ2v) is 7.24. The second kappa shape index (κ2) is 6.99. The first-order valence-corrected chi connectivity index (χ1v) is 9.01. The lowest BCUT2D eigenvalue weighted by molar-refractivity contribution is -0.115. The molecule has 1 unspecified atom stereocenters. The van der Waals surface area contributed by atoms with Gasteiger partial charge in [-0.05, 0) is 49.9 Å². The zero-order valence-electron chi connectivity index (χ0n) is 14.9. The van der Waals surface area contributed by atoms with E-state index in [9.17, 15) is 4.79 Å². The molecular formula is C19H23N5O2. The third-order valence-electron chi connectivity index (χ3n) is 5.17. The highest BCUT2D eigenvalue weighted by Gasteiger charge is 2.47. The highest BCUT2D eigenvalue weighted by Crippen LogP contribution is 2.37. The van der Waals surface area contributed by atoms with Gasteiger partial charge in [0.2, 0.25) is 0 Å². The van der Waals surface area contributed by atoms with Crippen LogP contribution in [-0.2, 0) is 4.74 Å². The monoisotopic (exact) mass is 353 g/mol. The number of ether oxygens (including phenoxy) is 1. The van der Waals surface area contributed by atoms with E-state index in [1.54, 1.807) is 24.5 Å². The zero-order valence-corrected chi connectivity index (χ0v) is 14.9. The number of hydrogen-bond donors (Lipinski definition) is 1. The van der Waals surface area contributed by atoms with Crippen LogP contribution >= 0.6 is 0 Å². The van der Waals surface area contributed by atoms with Crippen LogP contribution in [0.4, 0.5) is 5.82 Å². The molecule has 4 rings (SSSR count). The van der Waals surface area contributed by atoms with Gasteiger partial charge in [-0.1, -0.05) is 0 Å². The van der Waals surface area contributed by atoms with E-state index in [0.29, 0.717) is 24.6 Å². The maximum atomic E-state index is 12.1. The number of nitrogens with zero attached hydrogens (tertiary/aromatic N) is 4. The third kappa shape index (κ3) is 3.53. The number of carbonyl (C=O) groups excluding carboxylic acids is 1. The number of amides is 1. The molecule has 0 radical (unpaired) electrons. The molecule has 1 atom stereocenters. The quantitative estimate of drug-likeness (QED) is 0.899. The van der Waals surface area contributed by atoms with Crippen molar-refractivity contribution >= 4 is 11.7 Å². The fraction of sp³-hybridized carbons (Fsp3) is 0.474. The maximum Gasteiger partial charge on any atom is 0.252 e. The van der Waals surface area contributed by atoms with Crippen LogP contribution in [0.2, 0.25) is 0 Å². The zero-order chi connectivity index (χ0) is 18.0. The highest BCUT2D eigenvalue weighted by molar-refractivity contribution is 5.93. The molecule has 26 heavy (non-hydrogen) atoms. The van der Waals surface area contributed by atoms with Gasteiger partial charge in [0.25, 0.3) is 5.91 Å². The lowest BCUT2D eigenvalue weighted by Gasteiger charge is -2.53. The van der Waals surface area contributed by atoms with E-state index in [0.717, 1.165) is 37.4 Å². The van der Waals surface area contributed by atoms with Crippen LogP contribution in [0.3, 0.4) is 0 Å². The number of hydrogen-bond acceptors (Lipinski definition) is 6. The van der Waals surface area contributed by atoms with Crippen LogP contribution in [-0.4, -0.2) is 52.9 Å². The molecule has 7 nitrogen and oxygen atoms in total. The van der Waals surface area contributed by atoms with Crippen molar-refractivity contribution in [3.63, 3.8) is 0 Å². The smallest absolute Gasteiger partial charge is 0.252 e. The SMILES string of the molecule is Cc1ccc(N2CC3(CCC(CNC(=O)c4cccnc4)CO3)C2)nn1. The van der Waals surface area contributed by atoms with Gasteiger partial charge in [0, 0.05) is 18.9 Å². The molecule has 0 saturated carbocycles. The normalized spacial score (nSPS) is 21.3. The van der Waals surface area contributed by atoms with Gasteiger partial charge < -0.3 is 15.0 Å². The molecule has 2 aliphatic heterocycles. The minimum atomic E-state index is -0.0776. The molecule has 1 N–H and O–H groups in total. The first-order chi connectivity index (χ1) is 12.6. The minimum Gasteiger partial charge on any atom is -0.371 e. The van der Waals surface area contributed by atoms with E-state index in [-0.39, 0.29) is 11.5 Å². The molecule has 2 aliphatic rings.